The molecule has 0 saturated carbocycles. The fourth-order valence-electron chi connectivity index (χ4n) is 3.94. The van der Waals surface area contributed by atoms with E-state index in [2.05, 4.69) is 10.6 Å². The molecule has 4 N–H and O–H groups in total. The van der Waals surface area contributed by atoms with Crippen molar-refractivity contribution in [2.45, 2.75) is 25.2 Å². The molecule has 2 unspecified atom stereocenters. The van der Waals surface area contributed by atoms with Crippen LogP contribution in [0.3, 0.4) is 0 Å². The van der Waals surface area contributed by atoms with E-state index in [0.29, 0.717) is 30.6 Å². The quantitative estimate of drug-likeness (QED) is 0.564. The van der Waals surface area contributed by atoms with Gasteiger partial charge in [0.25, 0.3) is 11.8 Å². The van der Waals surface area contributed by atoms with E-state index in [-0.39, 0.29) is 22.6 Å². The topological polar surface area (TPSA) is 139 Å². The van der Waals surface area contributed by atoms with Crippen LogP contribution in [0.1, 0.15) is 41.0 Å². The van der Waals surface area contributed by atoms with Crippen molar-refractivity contribution in [1.82, 2.24) is 9.62 Å². The summed E-state index contributed by atoms with van der Waals surface area (Å²) < 4.78 is 27.5. The number of nitrogens with zero attached hydrogens (tertiary/aromatic N) is 1. The van der Waals surface area contributed by atoms with Crippen molar-refractivity contribution in [2.75, 3.05) is 25.0 Å². The summed E-state index contributed by atoms with van der Waals surface area (Å²) >= 11 is 0. The number of nitrogens with two attached hydrogens (primary N) is 1. The second-order valence-electron chi connectivity index (χ2n) is 8.48. The number of rotatable bonds is 7. The number of amides is 3. The molecule has 0 aliphatic carbocycles. The fourth-order valence-corrected chi connectivity index (χ4v) is 5.62. The summed E-state index contributed by atoms with van der Waals surface area (Å²) in [6.45, 7) is 4.76. The number of primary amides is 1. The average molecular weight is 473 g/mol. The van der Waals surface area contributed by atoms with Crippen molar-refractivity contribution in [3.05, 3.63) is 59.7 Å². The van der Waals surface area contributed by atoms with Gasteiger partial charge in [-0.3, -0.25) is 14.4 Å². The normalized spacial score (nSPS) is 19.0. The van der Waals surface area contributed by atoms with E-state index < -0.39 is 27.7 Å². The van der Waals surface area contributed by atoms with Gasteiger partial charge in [0.05, 0.1) is 11.4 Å². The third kappa shape index (κ3) is 6.17. The molecule has 0 radical (unpaired) electrons. The predicted octanol–water partition coefficient (Wildman–Crippen LogP) is 1.82. The smallest absolute Gasteiger partial charge is 0.255 e. The molecule has 0 bridgehead atoms. The van der Waals surface area contributed by atoms with Gasteiger partial charge in [-0.05, 0) is 60.7 Å². The lowest BCUT2D eigenvalue weighted by molar-refractivity contribution is -0.117. The molecule has 2 aromatic carbocycles. The first-order valence-corrected chi connectivity index (χ1v) is 12.1. The zero-order chi connectivity index (χ0) is 24.2. The highest BCUT2D eigenvalue weighted by molar-refractivity contribution is 7.89. The van der Waals surface area contributed by atoms with Crippen molar-refractivity contribution in [3.63, 3.8) is 0 Å². The van der Waals surface area contributed by atoms with Crippen molar-refractivity contribution in [1.29, 1.82) is 0 Å². The molecule has 0 aromatic heterocycles. The van der Waals surface area contributed by atoms with Crippen LogP contribution in [0.4, 0.5) is 5.69 Å². The number of hydrogen-bond acceptors (Lipinski definition) is 5. The lowest BCUT2D eigenvalue weighted by atomic mass is 9.94. The molecule has 2 aromatic rings. The van der Waals surface area contributed by atoms with E-state index in [1.165, 1.54) is 40.7 Å². The molecule has 1 aliphatic rings. The lowest BCUT2D eigenvalue weighted by Gasteiger charge is -2.34. The van der Waals surface area contributed by atoms with Crippen LogP contribution in [-0.2, 0) is 14.8 Å². The van der Waals surface area contributed by atoms with Gasteiger partial charge >= 0.3 is 0 Å². The van der Waals surface area contributed by atoms with Crippen molar-refractivity contribution in [2.24, 2.45) is 17.6 Å². The summed E-state index contributed by atoms with van der Waals surface area (Å²) in [5, 5.41) is 5.06. The average Bonchev–Trinajstić information content (AvgIpc) is 2.77. The Morgan fingerprint density at radius 3 is 2.21 bits per heavy atom. The first-order chi connectivity index (χ1) is 15.6. The number of sulfonamides is 1. The number of nitrogens with one attached hydrogen (secondary N) is 2. The number of carbonyl (C=O) groups excluding carboxylic acids is 3. The maximum absolute atomic E-state index is 13.0. The lowest BCUT2D eigenvalue weighted by Crippen LogP contribution is -2.42. The van der Waals surface area contributed by atoms with Gasteiger partial charge in [-0.15, -0.1) is 0 Å². The molecule has 1 aliphatic heterocycles. The van der Waals surface area contributed by atoms with E-state index in [9.17, 15) is 22.8 Å². The molecular formula is C23H28N4O5S. The Morgan fingerprint density at radius 2 is 1.61 bits per heavy atom. The zero-order valence-electron chi connectivity index (χ0n) is 18.6. The minimum atomic E-state index is -3.63. The van der Waals surface area contributed by atoms with E-state index in [1.807, 2.05) is 13.8 Å². The van der Waals surface area contributed by atoms with Gasteiger partial charge in [0.15, 0.2) is 0 Å². The molecule has 3 amide bonds. The Labute approximate surface area is 193 Å². The Morgan fingerprint density at radius 1 is 0.970 bits per heavy atom. The summed E-state index contributed by atoms with van der Waals surface area (Å²) in [4.78, 5) is 35.7. The van der Waals surface area contributed by atoms with Gasteiger partial charge in [-0.25, -0.2) is 8.42 Å². The van der Waals surface area contributed by atoms with Gasteiger partial charge in [-0.2, -0.15) is 4.31 Å². The Balaban J connectivity index is 1.69. The third-order valence-electron chi connectivity index (χ3n) is 5.40. The van der Waals surface area contributed by atoms with Crippen LogP contribution in [0.15, 0.2) is 53.4 Å². The minimum absolute atomic E-state index is 0.147. The summed E-state index contributed by atoms with van der Waals surface area (Å²) in [5.74, 6) is -1.03. The summed E-state index contributed by atoms with van der Waals surface area (Å²) in [6, 6.07) is 12.0. The van der Waals surface area contributed by atoms with E-state index in [1.54, 1.807) is 12.1 Å². The highest BCUT2D eigenvalue weighted by atomic mass is 32.2. The van der Waals surface area contributed by atoms with E-state index in [0.717, 1.165) is 6.42 Å². The molecular weight excluding hydrogens is 444 g/mol. The van der Waals surface area contributed by atoms with Crippen LogP contribution < -0.4 is 16.4 Å². The van der Waals surface area contributed by atoms with Crippen LogP contribution >= 0.6 is 0 Å². The van der Waals surface area contributed by atoms with Crippen LogP contribution in [0.2, 0.25) is 0 Å². The van der Waals surface area contributed by atoms with Gasteiger partial charge in [-0.1, -0.05) is 19.9 Å². The molecule has 1 heterocycles. The third-order valence-corrected chi connectivity index (χ3v) is 7.24. The Hall–Kier alpha value is -3.24. The maximum atomic E-state index is 13.0. The Kier molecular flexibility index (Phi) is 7.50. The molecule has 176 valence electrons. The van der Waals surface area contributed by atoms with Crippen LogP contribution in [0.5, 0.6) is 0 Å². The zero-order valence-corrected chi connectivity index (χ0v) is 19.4. The molecule has 2 atom stereocenters. The fraction of sp³-hybridized carbons (Fsp3) is 0.348. The number of piperidine rings is 1. The largest absolute Gasteiger partial charge is 0.368 e. The van der Waals surface area contributed by atoms with Gasteiger partial charge < -0.3 is 16.4 Å². The predicted molar refractivity (Wildman–Crippen MR) is 124 cm³/mol. The van der Waals surface area contributed by atoms with Crippen LogP contribution in [0.25, 0.3) is 0 Å². The summed E-state index contributed by atoms with van der Waals surface area (Å²) in [5.41, 5.74) is 5.92. The number of hydrogen-bond donors (Lipinski definition) is 3. The second-order valence-corrected chi connectivity index (χ2v) is 10.4. The van der Waals surface area contributed by atoms with Crippen molar-refractivity contribution < 1.29 is 22.8 Å². The van der Waals surface area contributed by atoms with Gasteiger partial charge in [0.2, 0.25) is 15.9 Å². The number of benzene rings is 2. The van der Waals surface area contributed by atoms with Gasteiger partial charge in [0.1, 0.15) is 0 Å². The highest BCUT2D eigenvalue weighted by Crippen LogP contribution is 2.27. The molecule has 1 fully saturated rings. The first-order valence-electron chi connectivity index (χ1n) is 10.6. The summed E-state index contributed by atoms with van der Waals surface area (Å²) in [7, 11) is -3.63. The van der Waals surface area contributed by atoms with Crippen molar-refractivity contribution in [3.8, 4) is 0 Å². The number of anilines is 1. The molecule has 33 heavy (non-hydrogen) atoms. The highest BCUT2D eigenvalue weighted by Gasteiger charge is 2.31. The first kappa shape index (κ1) is 24.4. The maximum Gasteiger partial charge on any atom is 0.255 e. The second kappa shape index (κ2) is 10.1. The van der Waals surface area contributed by atoms with Crippen LogP contribution in [-0.4, -0.2) is 50.1 Å². The van der Waals surface area contributed by atoms with E-state index >= 15 is 0 Å². The minimum Gasteiger partial charge on any atom is -0.368 e. The Bertz CT molecular complexity index is 1140. The monoisotopic (exact) mass is 472 g/mol. The van der Waals surface area contributed by atoms with E-state index in [4.69, 9.17) is 5.73 Å². The SMILES string of the molecule is CC1CC(C)CN(S(=O)(=O)c2ccc(C(=O)Nc3cccc(C(=O)NCC(N)=O)c3)cc2)C1. The number of carbonyl (C=O) groups is 3. The molecule has 9 nitrogen and oxygen atoms in total. The van der Waals surface area contributed by atoms with Crippen LogP contribution in [0, 0.1) is 11.8 Å². The summed E-state index contributed by atoms with van der Waals surface area (Å²) in [6.07, 6.45) is 0.999. The molecule has 3 rings (SSSR count). The van der Waals surface area contributed by atoms with Gasteiger partial charge in [0, 0.05) is 29.9 Å². The molecule has 0 spiro atoms. The standard InChI is InChI=1S/C23H28N4O5S/c1-15-10-16(2)14-27(13-15)33(31,32)20-8-6-17(7-9-20)23(30)26-19-5-3-4-18(11-19)22(29)25-12-21(24)28/h3-9,11,15-16H,10,12-14H2,1-2H3,(H2,24,28)(H,25,29)(H,26,30). The van der Waals surface area contributed by atoms with Crippen molar-refractivity contribution >= 4 is 33.4 Å². The molecule has 10 heteroatoms. The molecule has 1 saturated heterocycles.